The number of rotatable bonds is 1. The molecule has 0 aromatic heterocycles. The fraction of sp³-hybridized carbons (Fsp3) is 0.882. The Balaban J connectivity index is 1.41. The van der Waals surface area contributed by atoms with E-state index in [-0.39, 0.29) is 17.9 Å². The highest BCUT2D eigenvalue weighted by Crippen LogP contribution is 2.85. The number of ether oxygens (including phenoxy) is 2. The van der Waals surface area contributed by atoms with Gasteiger partial charge >= 0.3 is 11.9 Å². The molecule has 0 spiro atoms. The first-order valence-corrected chi connectivity index (χ1v) is 8.44. The van der Waals surface area contributed by atoms with Crippen LogP contribution in [0.4, 0.5) is 0 Å². The number of carbonyl (C=O) groups excluding carboxylic acids is 2. The lowest BCUT2D eigenvalue weighted by Gasteiger charge is -2.49. The third-order valence-corrected chi connectivity index (χ3v) is 7.97. The van der Waals surface area contributed by atoms with Crippen LogP contribution < -0.4 is 0 Å². The predicted molar refractivity (Wildman–Crippen MR) is 70.4 cm³/mol. The molecule has 6 aliphatic rings. The van der Waals surface area contributed by atoms with E-state index in [2.05, 4.69) is 0 Å². The van der Waals surface area contributed by atoms with Crippen molar-refractivity contribution in [2.75, 3.05) is 0 Å². The molecular formula is C17H20O4. The average Bonchev–Trinajstić information content (AvgIpc) is 2.85. The summed E-state index contributed by atoms with van der Waals surface area (Å²) in [6, 6.07) is 0. The van der Waals surface area contributed by atoms with Crippen molar-refractivity contribution in [3.05, 3.63) is 0 Å². The van der Waals surface area contributed by atoms with Crippen LogP contribution in [0.1, 0.15) is 26.7 Å². The molecule has 4 nitrogen and oxygen atoms in total. The van der Waals surface area contributed by atoms with Gasteiger partial charge < -0.3 is 9.47 Å². The number of esters is 2. The zero-order valence-corrected chi connectivity index (χ0v) is 12.3. The van der Waals surface area contributed by atoms with Crippen LogP contribution >= 0.6 is 0 Å². The van der Waals surface area contributed by atoms with Gasteiger partial charge in [-0.05, 0) is 66.1 Å². The lowest BCUT2D eigenvalue weighted by molar-refractivity contribution is -0.246. The molecule has 0 aromatic carbocycles. The maximum absolute atomic E-state index is 12.5. The molecule has 1 aliphatic heterocycles. The molecule has 9 atom stereocenters. The Morgan fingerprint density at radius 2 is 1.24 bits per heavy atom. The van der Waals surface area contributed by atoms with Crippen LogP contribution in [0.2, 0.25) is 0 Å². The van der Waals surface area contributed by atoms with E-state index in [4.69, 9.17) is 9.47 Å². The standard InChI is InChI=1S/C17H20O4/c1-17(2)20-15(18)14(16(19)21-17)13-10-6-4-7-9-5(6)3-8(10)11(9)12(7)13/h5-14H,3-4H2,1-2H3/t5?,6?,7?,8?,9?,10?,11?,12?,13-/m1/s1. The highest BCUT2D eigenvalue weighted by molar-refractivity contribution is 5.97. The Bertz CT molecular complexity index is 570. The van der Waals surface area contributed by atoms with Gasteiger partial charge in [0, 0.05) is 13.8 Å². The van der Waals surface area contributed by atoms with Crippen LogP contribution in [0.15, 0.2) is 0 Å². The summed E-state index contributed by atoms with van der Waals surface area (Å²) in [5.41, 5.74) is 0. The maximum Gasteiger partial charge on any atom is 0.323 e. The molecule has 8 unspecified atom stereocenters. The van der Waals surface area contributed by atoms with E-state index in [1.807, 2.05) is 0 Å². The molecule has 5 aliphatic carbocycles. The third kappa shape index (κ3) is 1.02. The van der Waals surface area contributed by atoms with Crippen LogP contribution in [-0.2, 0) is 19.1 Å². The molecule has 2 bridgehead atoms. The van der Waals surface area contributed by atoms with E-state index < -0.39 is 11.7 Å². The zero-order valence-electron chi connectivity index (χ0n) is 12.3. The fourth-order valence-corrected chi connectivity index (χ4v) is 8.04. The molecule has 0 aromatic rings. The summed E-state index contributed by atoms with van der Waals surface area (Å²) in [6.45, 7) is 3.28. The topological polar surface area (TPSA) is 52.6 Å². The van der Waals surface area contributed by atoms with E-state index in [0.717, 1.165) is 35.5 Å². The molecule has 1 heterocycles. The molecule has 6 fully saturated rings. The molecule has 6 rings (SSSR count). The van der Waals surface area contributed by atoms with Crippen molar-refractivity contribution in [3.63, 3.8) is 0 Å². The van der Waals surface area contributed by atoms with Gasteiger partial charge in [-0.25, -0.2) is 0 Å². The van der Waals surface area contributed by atoms with Crippen LogP contribution in [0.25, 0.3) is 0 Å². The molecular weight excluding hydrogens is 268 g/mol. The highest BCUT2D eigenvalue weighted by Gasteiger charge is 2.82. The van der Waals surface area contributed by atoms with Gasteiger partial charge in [-0.3, -0.25) is 9.59 Å². The van der Waals surface area contributed by atoms with Gasteiger partial charge in [0.15, 0.2) is 5.92 Å². The number of carbonyl (C=O) groups is 2. The fourth-order valence-electron chi connectivity index (χ4n) is 8.04. The molecule has 112 valence electrons. The summed E-state index contributed by atoms with van der Waals surface area (Å²) in [7, 11) is 0. The molecule has 21 heavy (non-hydrogen) atoms. The summed E-state index contributed by atoms with van der Waals surface area (Å²) in [5, 5.41) is 0. The molecule has 1 saturated heterocycles. The van der Waals surface area contributed by atoms with Crippen molar-refractivity contribution in [3.8, 4) is 0 Å². The second kappa shape index (κ2) is 3.02. The number of cyclic esters (lactones) is 2. The lowest BCUT2D eigenvalue weighted by Crippen LogP contribution is -2.54. The summed E-state index contributed by atoms with van der Waals surface area (Å²) < 4.78 is 10.8. The summed E-state index contributed by atoms with van der Waals surface area (Å²) in [4.78, 5) is 25.0. The Hall–Kier alpha value is -1.06. The van der Waals surface area contributed by atoms with Gasteiger partial charge in [-0.1, -0.05) is 0 Å². The molecule has 5 saturated carbocycles. The largest absolute Gasteiger partial charge is 0.422 e. The minimum Gasteiger partial charge on any atom is -0.422 e. The maximum atomic E-state index is 12.5. The smallest absolute Gasteiger partial charge is 0.323 e. The second-order valence-electron chi connectivity index (χ2n) is 8.73. The number of hydrogen-bond acceptors (Lipinski definition) is 4. The van der Waals surface area contributed by atoms with Crippen molar-refractivity contribution < 1.29 is 19.1 Å². The Labute approximate surface area is 123 Å². The van der Waals surface area contributed by atoms with Gasteiger partial charge in [0.2, 0.25) is 0 Å². The van der Waals surface area contributed by atoms with Crippen LogP contribution in [0.3, 0.4) is 0 Å². The number of fused-ring (bicyclic) bond motifs is 2. The first-order valence-electron chi connectivity index (χ1n) is 8.44. The van der Waals surface area contributed by atoms with Crippen LogP contribution in [0, 0.1) is 59.2 Å². The normalized spacial score (nSPS) is 61.1. The van der Waals surface area contributed by atoms with Gasteiger partial charge in [0.1, 0.15) is 0 Å². The second-order valence-corrected chi connectivity index (χ2v) is 8.73. The first kappa shape index (κ1) is 11.5. The zero-order chi connectivity index (χ0) is 14.3. The molecule has 4 heteroatoms. The predicted octanol–water partition coefficient (Wildman–Crippen LogP) is 1.83. The van der Waals surface area contributed by atoms with Gasteiger partial charge in [-0.2, -0.15) is 0 Å². The van der Waals surface area contributed by atoms with Crippen molar-refractivity contribution in [1.29, 1.82) is 0 Å². The van der Waals surface area contributed by atoms with Crippen molar-refractivity contribution in [2.24, 2.45) is 59.2 Å². The van der Waals surface area contributed by atoms with Gasteiger partial charge in [-0.15, -0.1) is 0 Å². The van der Waals surface area contributed by atoms with E-state index in [0.29, 0.717) is 11.8 Å². The van der Waals surface area contributed by atoms with Crippen molar-refractivity contribution in [1.82, 2.24) is 0 Å². The first-order chi connectivity index (χ1) is 9.98. The lowest BCUT2D eigenvalue weighted by atomic mass is 9.55. The summed E-state index contributed by atoms with van der Waals surface area (Å²) >= 11 is 0. The molecule has 0 radical (unpaired) electrons. The van der Waals surface area contributed by atoms with Gasteiger partial charge in [0.05, 0.1) is 0 Å². The SMILES string of the molecule is CC1(C)OC(=O)C([C@@H]2C3C4CC5C6C4CC3C6C52)C(=O)O1. The third-order valence-electron chi connectivity index (χ3n) is 7.97. The van der Waals surface area contributed by atoms with Crippen LogP contribution in [-0.4, -0.2) is 17.7 Å². The van der Waals surface area contributed by atoms with E-state index in [9.17, 15) is 9.59 Å². The highest BCUT2D eigenvalue weighted by atomic mass is 16.7. The molecule has 0 amide bonds. The Morgan fingerprint density at radius 1 is 0.762 bits per heavy atom. The monoisotopic (exact) mass is 288 g/mol. The average molecular weight is 288 g/mol. The number of hydrogen-bond donors (Lipinski definition) is 0. The van der Waals surface area contributed by atoms with Crippen molar-refractivity contribution >= 4 is 11.9 Å². The Morgan fingerprint density at radius 3 is 1.81 bits per heavy atom. The van der Waals surface area contributed by atoms with Gasteiger partial charge in [0.25, 0.3) is 5.79 Å². The van der Waals surface area contributed by atoms with Crippen molar-refractivity contribution in [2.45, 2.75) is 32.5 Å². The molecule has 0 N–H and O–H groups in total. The Kier molecular flexibility index (Phi) is 1.65. The van der Waals surface area contributed by atoms with Crippen LogP contribution in [0.5, 0.6) is 0 Å². The summed E-state index contributed by atoms with van der Waals surface area (Å²) in [6.07, 6.45) is 2.74. The van der Waals surface area contributed by atoms with E-state index >= 15 is 0 Å². The summed E-state index contributed by atoms with van der Waals surface area (Å²) in [5.74, 6) is 4.14. The quantitative estimate of drug-likeness (QED) is 0.545. The van der Waals surface area contributed by atoms with E-state index in [1.54, 1.807) is 13.8 Å². The minimum atomic E-state index is -1.09. The minimum absolute atomic E-state index is 0.226. The van der Waals surface area contributed by atoms with E-state index in [1.165, 1.54) is 12.8 Å².